The van der Waals surface area contributed by atoms with E-state index in [1.807, 2.05) is 13.8 Å². The fourth-order valence-corrected chi connectivity index (χ4v) is 2.31. The third-order valence-electron chi connectivity index (χ3n) is 3.57. The average Bonchev–Trinajstić information content (AvgIpc) is 2.68. The lowest BCUT2D eigenvalue weighted by molar-refractivity contribution is -0.134. The standard InChI is InChI=1S/C19H21ClN2O3.C2H6/c1-19(2,18(24)22-12-11-21)25-16-9-5-14(6-10-16)17(23)13-3-7-15(20)8-4-13;1-2/h3-10H,11-12,21H2,1-2H3,(H,22,24);1-2H3. The number of amides is 1. The van der Waals surface area contributed by atoms with Gasteiger partial charge in [-0.25, -0.2) is 0 Å². The van der Waals surface area contributed by atoms with E-state index >= 15 is 0 Å². The molecule has 0 bridgehead atoms. The van der Waals surface area contributed by atoms with Gasteiger partial charge in [-0.05, 0) is 62.4 Å². The van der Waals surface area contributed by atoms with Crippen LogP contribution in [0.2, 0.25) is 5.02 Å². The van der Waals surface area contributed by atoms with Crippen LogP contribution in [0.1, 0.15) is 43.6 Å². The third kappa shape index (κ3) is 6.70. The summed E-state index contributed by atoms with van der Waals surface area (Å²) in [7, 11) is 0. The van der Waals surface area contributed by atoms with Crippen LogP contribution in [0.5, 0.6) is 5.75 Å². The predicted molar refractivity (Wildman–Crippen MR) is 109 cm³/mol. The molecule has 0 aliphatic carbocycles. The normalized spacial score (nSPS) is 10.4. The Kier molecular flexibility index (Phi) is 8.98. The van der Waals surface area contributed by atoms with Crippen LogP contribution >= 0.6 is 11.6 Å². The van der Waals surface area contributed by atoms with Crippen molar-refractivity contribution >= 4 is 23.3 Å². The van der Waals surface area contributed by atoms with Crippen molar-refractivity contribution in [3.8, 4) is 5.75 Å². The number of carbonyl (C=O) groups is 2. The van der Waals surface area contributed by atoms with Gasteiger partial charge in [-0.15, -0.1) is 0 Å². The van der Waals surface area contributed by atoms with Crippen molar-refractivity contribution in [1.82, 2.24) is 5.32 Å². The number of nitrogens with two attached hydrogens (primary N) is 1. The number of hydrogen-bond acceptors (Lipinski definition) is 4. The van der Waals surface area contributed by atoms with Crippen molar-refractivity contribution in [3.05, 3.63) is 64.7 Å². The van der Waals surface area contributed by atoms with Crippen molar-refractivity contribution in [2.24, 2.45) is 5.73 Å². The van der Waals surface area contributed by atoms with Crippen molar-refractivity contribution in [3.63, 3.8) is 0 Å². The van der Waals surface area contributed by atoms with E-state index in [1.54, 1.807) is 62.4 Å². The van der Waals surface area contributed by atoms with Gasteiger partial charge in [0, 0.05) is 29.2 Å². The molecule has 0 unspecified atom stereocenters. The van der Waals surface area contributed by atoms with Crippen molar-refractivity contribution < 1.29 is 14.3 Å². The second-order valence-corrected chi connectivity index (χ2v) is 6.45. The summed E-state index contributed by atoms with van der Waals surface area (Å²) in [6.45, 7) is 8.10. The van der Waals surface area contributed by atoms with E-state index in [0.29, 0.717) is 35.0 Å². The van der Waals surface area contributed by atoms with Gasteiger partial charge >= 0.3 is 0 Å². The van der Waals surface area contributed by atoms with Gasteiger partial charge in [0.2, 0.25) is 0 Å². The van der Waals surface area contributed by atoms with Gasteiger partial charge in [0.1, 0.15) is 5.75 Å². The van der Waals surface area contributed by atoms with Gasteiger partial charge in [-0.1, -0.05) is 25.4 Å². The van der Waals surface area contributed by atoms with E-state index in [2.05, 4.69) is 5.32 Å². The summed E-state index contributed by atoms with van der Waals surface area (Å²) in [5.41, 5.74) is 5.42. The summed E-state index contributed by atoms with van der Waals surface area (Å²) in [6, 6.07) is 13.4. The summed E-state index contributed by atoms with van der Waals surface area (Å²) in [5, 5.41) is 3.27. The number of nitrogens with one attached hydrogen (secondary N) is 1. The first-order chi connectivity index (χ1) is 12.8. The largest absolute Gasteiger partial charge is 0.478 e. The van der Waals surface area contributed by atoms with Gasteiger partial charge in [0.15, 0.2) is 11.4 Å². The molecule has 2 aromatic carbocycles. The molecule has 2 aromatic rings. The van der Waals surface area contributed by atoms with Crippen LogP contribution in [0.25, 0.3) is 0 Å². The summed E-state index contributed by atoms with van der Waals surface area (Å²) >= 11 is 5.83. The summed E-state index contributed by atoms with van der Waals surface area (Å²) in [6.07, 6.45) is 0. The summed E-state index contributed by atoms with van der Waals surface area (Å²) in [4.78, 5) is 24.5. The smallest absolute Gasteiger partial charge is 0.263 e. The van der Waals surface area contributed by atoms with E-state index in [-0.39, 0.29) is 11.7 Å². The van der Waals surface area contributed by atoms with E-state index in [0.717, 1.165) is 0 Å². The highest BCUT2D eigenvalue weighted by Crippen LogP contribution is 2.21. The van der Waals surface area contributed by atoms with Crippen LogP contribution in [-0.4, -0.2) is 30.4 Å². The van der Waals surface area contributed by atoms with Gasteiger partial charge in [0.25, 0.3) is 5.91 Å². The zero-order valence-electron chi connectivity index (χ0n) is 16.2. The van der Waals surface area contributed by atoms with E-state index in [1.165, 1.54) is 0 Å². The average molecular weight is 391 g/mol. The topological polar surface area (TPSA) is 81.4 Å². The molecule has 27 heavy (non-hydrogen) atoms. The minimum Gasteiger partial charge on any atom is -0.478 e. The van der Waals surface area contributed by atoms with Crippen LogP contribution in [0.4, 0.5) is 0 Å². The fourth-order valence-electron chi connectivity index (χ4n) is 2.18. The molecule has 1 amide bonds. The molecular weight excluding hydrogens is 364 g/mol. The molecule has 2 rings (SSSR count). The van der Waals surface area contributed by atoms with Gasteiger partial charge in [-0.2, -0.15) is 0 Å². The highest BCUT2D eigenvalue weighted by atomic mass is 35.5. The number of benzene rings is 2. The van der Waals surface area contributed by atoms with E-state index in [4.69, 9.17) is 22.1 Å². The predicted octanol–water partition coefficient (Wildman–Crippen LogP) is 3.83. The second-order valence-electron chi connectivity index (χ2n) is 6.02. The number of carbonyl (C=O) groups excluding carboxylic acids is 2. The van der Waals surface area contributed by atoms with Gasteiger partial charge in [-0.3, -0.25) is 9.59 Å². The molecule has 0 saturated heterocycles. The maximum atomic E-state index is 12.4. The minimum absolute atomic E-state index is 0.108. The lowest BCUT2D eigenvalue weighted by Crippen LogP contribution is -2.47. The Hall–Kier alpha value is -2.37. The summed E-state index contributed by atoms with van der Waals surface area (Å²) < 4.78 is 5.74. The molecule has 6 heteroatoms. The molecule has 5 nitrogen and oxygen atoms in total. The number of halogens is 1. The molecule has 0 aromatic heterocycles. The Bertz CT molecular complexity index is 741. The van der Waals surface area contributed by atoms with E-state index < -0.39 is 5.60 Å². The molecule has 0 heterocycles. The zero-order valence-corrected chi connectivity index (χ0v) is 17.0. The van der Waals surface area contributed by atoms with Crippen LogP contribution in [-0.2, 0) is 4.79 Å². The van der Waals surface area contributed by atoms with E-state index in [9.17, 15) is 9.59 Å². The molecule has 0 aliphatic rings. The Morgan fingerprint density at radius 2 is 1.48 bits per heavy atom. The number of rotatable bonds is 7. The summed E-state index contributed by atoms with van der Waals surface area (Å²) in [5.74, 6) is 0.142. The fraction of sp³-hybridized carbons (Fsp3) is 0.333. The van der Waals surface area contributed by atoms with Crippen LogP contribution in [0.15, 0.2) is 48.5 Å². The van der Waals surface area contributed by atoms with Crippen molar-refractivity contribution in [2.75, 3.05) is 13.1 Å². The monoisotopic (exact) mass is 390 g/mol. The molecule has 0 radical (unpaired) electrons. The molecule has 0 fully saturated rings. The van der Waals surface area contributed by atoms with Gasteiger partial charge < -0.3 is 15.8 Å². The lowest BCUT2D eigenvalue weighted by Gasteiger charge is -2.25. The first-order valence-electron chi connectivity index (χ1n) is 8.91. The molecule has 146 valence electrons. The molecule has 0 atom stereocenters. The third-order valence-corrected chi connectivity index (χ3v) is 3.82. The minimum atomic E-state index is -1.04. The molecule has 0 spiro atoms. The maximum Gasteiger partial charge on any atom is 0.263 e. The highest BCUT2D eigenvalue weighted by molar-refractivity contribution is 6.30. The first-order valence-corrected chi connectivity index (χ1v) is 9.29. The quantitative estimate of drug-likeness (QED) is 0.704. The van der Waals surface area contributed by atoms with Crippen LogP contribution in [0, 0.1) is 0 Å². The Labute approximate surface area is 165 Å². The molecule has 0 saturated carbocycles. The Balaban J connectivity index is 0.00000176. The van der Waals surface area contributed by atoms with Crippen LogP contribution < -0.4 is 15.8 Å². The second kappa shape index (κ2) is 10.7. The number of hydrogen-bond donors (Lipinski definition) is 2. The highest BCUT2D eigenvalue weighted by Gasteiger charge is 2.29. The first kappa shape index (κ1) is 22.7. The van der Waals surface area contributed by atoms with Crippen molar-refractivity contribution in [1.29, 1.82) is 0 Å². The maximum absolute atomic E-state index is 12.4. The Morgan fingerprint density at radius 3 is 1.96 bits per heavy atom. The zero-order chi connectivity index (χ0) is 20.4. The molecular formula is C21H27ClN2O3. The SMILES string of the molecule is CC.CC(C)(Oc1ccc(C(=O)c2ccc(Cl)cc2)cc1)C(=O)NCCN. The van der Waals surface area contributed by atoms with Gasteiger partial charge in [0.05, 0.1) is 0 Å². The Morgan fingerprint density at radius 1 is 1.00 bits per heavy atom. The van der Waals surface area contributed by atoms with Crippen LogP contribution in [0.3, 0.4) is 0 Å². The number of ether oxygens (including phenoxy) is 1. The molecule has 0 aliphatic heterocycles. The van der Waals surface area contributed by atoms with Crippen molar-refractivity contribution in [2.45, 2.75) is 33.3 Å². The lowest BCUT2D eigenvalue weighted by atomic mass is 10.0. The molecule has 3 N–H and O–H groups in total. The number of ketones is 1.